The van der Waals surface area contributed by atoms with E-state index in [-0.39, 0.29) is 0 Å². The highest BCUT2D eigenvalue weighted by Crippen LogP contribution is 2.10. The van der Waals surface area contributed by atoms with Crippen molar-refractivity contribution in [1.82, 2.24) is 0 Å². The van der Waals surface area contributed by atoms with Crippen molar-refractivity contribution in [3.8, 4) is 0 Å². The van der Waals surface area contributed by atoms with Gasteiger partial charge in [0.25, 0.3) is 0 Å². The second-order valence-electron chi connectivity index (χ2n) is 3.22. The van der Waals surface area contributed by atoms with Gasteiger partial charge >= 0.3 is 0 Å². The summed E-state index contributed by atoms with van der Waals surface area (Å²) in [7, 11) is 0. The Morgan fingerprint density at radius 2 is 1.70 bits per heavy atom. The van der Waals surface area contributed by atoms with Crippen molar-refractivity contribution in [2.45, 2.75) is 45.9 Å². The van der Waals surface area contributed by atoms with Gasteiger partial charge in [0.2, 0.25) is 0 Å². The molecule has 0 aliphatic carbocycles. The van der Waals surface area contributed by atoms with Crippen LogP contribution in [0.3, 0.4) is 0 Å². The van der Waals surface area contributed by atoms with Crippen LogP contribution in [0.25, 0.3) is 0 Å². The highest BCUT2D eigenvalue weighted by Gasteiger charge is 2.12. The lowest BCUT2D eigenvalue weighted by molar-refractivity contribution is 0.0758. The van der Waals surface area contributed by atoms with E-state index in [0.29, 0.717) is 12.3 Å². The van der Waals surface area contributed by atoms with Crippen LogP contribution in [-0.4, -0.2) is 17.4 Å². The zero-order chi connectivity index (χ0) is 8.15. The number of hydrogen-bond acceptors (Lipinski definition) is 1. The monoisotopic (exact) mass is 148 g/mol. The third kappa shape index (κ3) is 4.74. The zero-order valence-corrected chi connectivity index (χ0v) is 6.97. The first-order valence-corrected chi connectivity index (χ1v) is 3.86. The molecule has 0 aromatic carbocycles. The second kappa shape index (κ2) is 4.67. The van der Waals surface area contributed by atoms with Crippen LogP contribution in [0.2, 0.25) is 0 Å². The Bertz CT molecular complexity index is 81.3. The Morgan fingerprint density at radius 1 is 1.20 bits per heavy atom. The van der Waals surface area contributed by atoms with Crippen LogP contribution in [0, 0.1) is 5.92 Å². The van der Waals surface area contributed by atoms with Gasteiger partial charge in [0.05, 0.1) is 6.10 Å². The van der Waals surface area contributed by atoms with Gasteiger partial charge in [0.1, 0.15) is 6.17 Å². The number of halogens is 1. The number of aliphatic hydroxyl groups excluding tert-OH is 1. The molecule has 10 heavy (non-hydrogen) atoms. The van der Waals surface area contributed by atoms with Crippen LogP contribution in [-0.2, 0) is 0 Å². The number of aliphatic hydroxyl groups is 1. The lowest BCUT2D eigenvalue weighted by atomic mass is 10.0. The third-order valence-corrected chi connectivity index (χ3v) is 1.57. The quantitative estimate of drug-likeness (QED) is 0.647. The van der Waals surface area contributed by atoms with Gasteiger partial charge in [0, 0.05) is 0 Å². The Hall–Kier alpha value is -0.110. The normalized spacial score (nSPS) is 17.4. The maximum atomic E-state index is 12.3. The van der Waals surface area contributed by atoms with Crippen molar-refractivity contribution < 1.29 is 9.50 Å². The van der Waals surface area contributed by atoms with Gasteiger partial charge in [-0.05, 0) is 25.7 Å². The largest absolute Gasteiger partial charge is 0.390 e. The van der Waals surface area contributed by atoms with Crippen LogP contribution in [0.4, 0.5) is 4.39 Å². The summed E-state index contributed by atoms with van der Waals surface area (Å²) in [6.45, 7) is 5.52. The van der Waals surface area contributed by atoms with Crippen molar-refractivity contribution in [3.63, 3.8) is 0 Å². The molecule has 2 unspecified atom stereocenters. The molecule has 2 heteroatoms. The first kappa shape index (κ1) is 9.89. The molecule has 1 nitrogen and oxygen atoms in total. The molecule has 0 aromatic heterocycles. The topological polar surface area (TPSA) is 20.2 Å². The third-order valence-electron chi connectivity index (χ3n) is 1.57. The number of hydrogen-bond donors (Lipinski definition) is 1. The zero-order valence-electron chi connectivity index (χ0n) is 6.97. The molecule has 0 saturated heterocycles. The van der Waals surface area contributed by atoms with E-state index in [1.165, 1.54) is 6.92 Å². The fourth-order valence-electron chi connectivity index (χ4n) is 0.734. The summed E-state index contributed by atoms with van der Waals surface area (Å²) < 4.78 is 12.3. The SMILES string of the molecule is CC(C)CCC(O)C(C)F. The highest BCUT2D eigenvalue weighted by molar-refractivity contribution is 4.62. The summed E-state index contributed by atoms with van der Waals surface area (Å²) in [5.74, 6) is 0.549. The van der Waals surface area contributed by atoms with Crippen LogP contribution in [0.1, 0.15) is 33.6 Å². The maximum absolute atomic E-state index is 12.3. The minimum atomic E-state index is -1.08. The first-order valence-electron chi connectivity index (χ1n) is 3.86. The van der Waals surface area contributed by atoms with Crippen LogP contribution < -0.4 is 0 Å². The molecule has 1 N–H and O–H groups in total. The molecule has 0 aliphatic heterocycles. The Morgan fingerprint density at radius 3 is 2.00 bits per heavy atom. The molecule has 0 aromatic rings. The number of alkyl halides is 1. The average Bonchev–Trinajstić information content (AvgIpc) is 1.82. The van der Waals surface area contributed by atoms with Crippen molar-refractivity contribution in [3.05, 3.63) is 0 Å². The Labute approximate surface area is 62.3 Å². The van der Waals surface area contributed by atoms with Gasteiger partial charge in [0.15, 0.2) is 0 Å². The van der Waals surface area contributed by atoms with E-state index in [1.807, 2.05) is 0 Å². The lowest BCUT2D eigenvalue weighted by Crippen LogP contribution is -2.18. The molecular formula is C8H17FO. The van der Waals surface area contributed by atoms with E-state index in [9.17, 15) is 4.39 Å². The fraction of sp³-hybridized carbons (Fsp3) is 1.00. The highest BCUT2D eigenvalue weighted by atomic mass is 19.1. The minimum Gasteiger partial charge on any atom is -0.390 e. The summed E-state index contributed by atoms with van der Waals surface area (Å²) in [5, 5.41) is 9.00. The van der Waals surface area contributed by atoms with Gasteiger partial charge < -0.3 is 5.11 Å². The molecule has 0 aliphatic rings. The molecule has 0 spiro atoms. The van der Waals surface area contributed by atoms with Crippen LogP contribution >= 0.6 is 0 Å². The molecule has 0 fully saturated rings. The van der Waals surface area contributed by atoms with Gasteiger partial charge in [-0.15, -0.1) is 0 Å². The second-order valence-corrected chi connectivity index (χ2v) is 3.22. The van der Waals surface area contributed by atoms with E-state index in [0.717, 1.165) is 6.42 Å². The van der Waals surface area contributed by atoms with E-state index < -0.39 is 12.3 Å². The molecule has 0 amide bonds. The summed E-state index contributed by atoms with van der Waals surface area (Å²) in [4.78, 5) is 0. The van der Waals surface area contributed by atoms with E-state index in [4.69, 9.17) is 5.11 Å². The minimum absolute atomic E-state index is 0.549. The molecule has 0 saturated carbocycles. The van der Waals surface area contributed by atoms with Crippen molar-refractivity contribution in [1.29, 1.82) is 0 Å². The molecule has 0 rings (SSSR count). The summed E-state index contributed by atoms with van der Waals surface area (Å²) in [6.07, 6.45) is -0.369. The molecule has 0 heterocycles. The number of rotatable bonds is 4. The Balaban J connectivity index is 3.30. The van der Waals surface area contributed by atoms with Crippen molar-refractivity contribution >= 4 is 0 Å². The Kier molecular flexibility index (Phi) is 4.62. The van der Waals surface area contributed by atoms with Crippen LogP contribution in [0.15, 0.2) is 0 Å². The predicted octanol–water partition coefficient (Wildman–Crippen LogP) is 2.14. The van der Waals surface area contributed by atoms with E-state index in [2.05, 4.69) is 13.8 Å². The van der Waals surface area contributed by atoms with Crippen molar-refractivity contribution in [2.75, 3.05) is 0 Å². The summed E-state index contributed by atoms with van der Waals surface area (Å²) in [6, 6.07) is 0. The van der Waals surface area contributed by atoms with E-state index >= 15 is 0 Å². The molecule has 0 radical (unpaired) electrons. The molecule has 0 bridgehead atoms. The first-order chi connectivity index (χ1) is 4.54. The molecule has 62 valence electrons. The molecular weight excluding hydrogens is 131 g/mol. The van der Waals surface area contributed by atoms with Crippen molar-refractivity contribution in [2.24, 2.45) is 5.92 Å². The van der Waals surface area contributed by atoms with Gasteiger partial charge in [-0.1, -0.05) is 13.8 Å². The smallest absolute Gasteiger partial charge is 0.123 e. The van der Waals surface area contributed by atoms with Crippen LogP contribution in [0.5, 0.6) is 0 Å². The predicted molar refractivity (Wildman–Crippen MR) is 40.6 cm³/mol. The fourth-order valence-corrected chi connectivity index (χ4v) is 0.734. The molecule has 2 atom stereocenters. The standard InChI is InChI=1S/C8H17FO/c1-6(2)4-5-8(10)7(3)9/h6-8,10H,4-5H2,1-3H3. The van der Waals surface area contributed by atoms with E-state index in [1.54, 1.807) is 0 Å². The maximum Gasteiger partial charge on any atom is 0.123 e. The van der Waals surface area contributed by atoms with Gasteiger partial charge in [-0.2, -0.15) is 0 Å². The average molecular weight is 148 g/mol. The summed E-state index contributed by atoms with van der Waals surface area (Å²) >= 11 is 0. The van der Waals surface area contributed by atoms with Gasteiger partial charge in [-0.3, -0.25) is 0 Å². The lowest BCUT2D eigenvalue weighted by Gasteiger charge is -2.12. The summed E-state index contributed by atoms with van der Waals surface area (Å²) in [5.41, 5.74) is 0. The van der Waals surface area contributed by atoms with Gasteiger partial charge in [-0.25, -0.2) is 4.39 Å².